The average molecular weight is 486 g/mol. The number of hydrogen-bond donors (Lipinski definition) is 3. The summed E-state index contributed by atoms with van der Waals surface area (Å²) < 4.78 is 20.5. The van der Waals surface area contributed by atoms with Crippen molar-refractivity contribution in [2.75, 3.05) is 18.2 Å². The number of halogens is 2. The molecule has 10 heteroatoms. The van der Waals surface area contributed by atoms with Crippen molar-refractivity contribution in [1.82, 2.24) is 9.78 Å². The molecule has 0 aliphatic heterocycles. The fourth-order valence-electron chi connectivity index (χ4n) is 4.56. The quantitative estimate of drug-likeness (QED) is 0.482. The molecule has 34 heavy (non-hydrogen) atoms. The van der Waals surface area contributed by atoms with E-state index in [4.69, 9.17) is 27.8 Å². The summed E-state index contributed by atoms with van der Waals surface area (Å²) in [6, 6.07) is 9.16. The number of rotatable bonds is 6. The summed E-state index contributed by atoms with van der Waals surface area (Å²) in [5.74, 6) is -0.534. The van der Waals surface area contributed by atoms with E-state index in [-0.39, 0.29) is 22.7 Å². The van der Waals surface area contributed by atoms with Gasteiger partial charge in [-0.3, -0.25) is 14.3 Å². The average Bonchev–Trinajstić information content (AvgIpc) is 3.40. The second-order valence-electron chi connectivity index (χ2n) is 8.38. The fraction of sp³-hybridized carbons (Fsp3) is 0.292. The lowest BCUT2D eigenvalue weighted by molar-refractivity contribution is 0.0997. The van der Waals surface area contributed by atoms with Gasteiger partial charge in [-0.25, -0.2) is 4.39 Å². The number of nitrogens with two attached hydrogens (primary N) is 2. The number of carbonyl (C=O) groups excluding carboxylic acids is 2. The van der Waals surface area contributed by atoms with Crippen molar-refractivity contribution < 1.29 is 18.7 Å². The Kier molecular flexibility index (Phi) is 6.47. The van der Waals surface area contributed by atoms with Crippen molar-refractivity contribution in [3.05, 3.63) is 69.6 Å². The zero-order valence-corrected chi connectivity index (χ0v) is 19.5. The second kappa shape index (κ2) is 9.34. The molecule has 8 nitrogen and oxygen atoms in total. The number of methoxy groups -OCH3 is 1. The van der Waals surface area contributed by atoms with E-state index in [0.29, 0.717) is 28.3 Å². The number of benzene rings is 2. The molecule has 2 unspecified atom stereocenters. The number of aryl methyl sites for hydroxylation is 1. The van der Waals surface area contributed by atoms with Gasteiger partial charge < -0.3 is 21.5 Å². The Hall–Kier alpha value is -3.59. The Balaban J connectivity index is 1.59. The van der Waals surface area contributed by atoms with Gasteiger partial charge in [-0.2, -0.15) is 5.10 Å². The lowest BCUT2D eigenvalue weighted by Crippen LogP contribution is -2.16. The molecule has 1 fully saturated rings. The maximum absolute atomic E-state index is 13.5. The van der Waals surface area contributed by atoms with Gasteiger partial charge in [-0.1, -0.05) is 17.7 Å². The van der Waals surface area contributed by atoms with Crippen LogP contribution in [0.25, 0.3) is 0 Å². The van der Waals surface area contributed by atoms with Crippen LogP contribution < -0.4 is 21.5 Å². The molecule has 0 saturated heterocycles. The van der Waals surface area contributed by atoms with E-state index in [2.05, 4.69) is 10.4 Å². The van der Waals surface area contributed by atoms with Crippen LogP contribution in [0.15, 0.2) is 36.4 Å². The van der Waals surface area contributed by atoms with Gasteiger partial charge in [0.15, 0.2) is 0 Å². The van der Waals surface area contributed by atoms with Crippen LogP contribution in [0.5, 0.6) is 5.75 Å². The third kappa shape index (κ3) is 4.43. The maximum Gasteiger partial charge on any atom is 0.261 e. The highest BCUT2D eigenvalue weighted by molar-refractivity contribution is 6.31. The number of hydrogen-bond acceptors (Lipinski definition) is 5. The second-order valence-corrected chi connectivity index (χ2v) is 8.79. The van der Waals surface area contributed by atoms with Gasteiger partial charge in [0.2, 0.25) is 5.91 Å². The van der Waals surface area contributed by atoms with E-state index in [0.717, 1.165) is 24.8 Å². The monoisotopic (exact) mass is 485 g/mol. The summed E-state index contributed by atoms with van der Waals surface area (Å²) in [5.41, 5.74) is 14.2. The standard InChI is InChI=1S/C24H25ClFN5O3/c1-31-22(27)20(24(33)29-15-6-8-18(26)17(25)11-15)21(30-31)13-4-3-12(9-13)16-7-5-14(23(28)32)10-19(16)34-2/h5-8,10-13H,3-4,9,27H2,1-2H3,(H2,28,32)(H,29,33). The molecule has 4 rings (SSSR count). The third-order valence-electron chi connectivity index (χ3n) is 6.30. The van der Waals surface area contributed by atoms with E-state index in [1.165, 1.54) is 22.9 Å². The smallest absolute Gasteiger partial charge is 0.261 e. The molecule has 1 heterocycles. The number of nitrogens with zero attached hydrogens (tertiary/aromatic N) is 2. The lowest BCUT2D eigenvalue weighted by atomic mass is 9.92. The minimum atomic E-state index is -0.572. The van der Waals surface area contributed by atoms with Crippen molar-refractivity contribution in [2.45, 2.75) is 31.1 Å². The van der Waals surface area contributed by atoms with Crippen molar-refractivity contribution in [1.29, 1.82) is 0 Å². The summed E-state index contributed by atoms with van der Waals surface area (Å²) in [6.45, 7) is 0. The zero-order chi connectivity index (χ0) is 24.6. The van der Waals surface area contributed by atoms with Crippen molar-refractivity contribution in [3.63, 3.8) is 0 Å². The molecule has 1 aliphatic carbocycles. The number of anilines is 2. The number of ether oxygens (including phenoxy) is 1. The van der Waals surface area contributed by atoms with Crippen molar-refractivity contribution in [3.8, 4) is 5.75 Å². The van der Waals surface area contributed by atoms with Crippen LogP contribution >= 0.6 is 11.6 Å². The third-order valence-corrected chi connectivity index (χ3v) is 6.59. The highest BCUT2D eigenvalue weighted by Crippen LogP contribution is 2.47. The van der Waals surface area contributed by atoms with Crippen molar-refractivity contribution in [2.24, 2.45) is 12.8 Å². The predicted octanol–water partition coefficient (Wildman–Crippen LogP) is 4.21. The number of nitrogens with one attached hydrogen (secondary N) is 1. The van der Waals surface area contributed by atoms with Crippen LogP contribution in [-0.2, 0) is 7.05 Å². The first-order valence-corrected chi connectivity index (χ1v) is 11.1. The Morgan fingerprint density at radius 2 is 1.94 bits per heavy atom. The summed E-state index contributed by atoms with van der Waals surface area (Å²) >= 11 is 5.84. The molecule has 2 aromatic carbocycles. The number of aromatic nitrogens is 2. The molecular formula is C24H25ClFN5O3. The fourth-order valence-corrected chi connectivity index (χ4v) is 4.74. The Labute approximate surface area is 201 Å². The number of carbonyl (C=O) groups is 2. The molecule has 0 bridgehead atoms. The van der Waals surface area contributed by atoms with Crippen LogP contribution in [-0.4, -0.2) is 28.7 Å². The molecule has 5 N–H and O–H groups in total. The van der Waals surface area contributed by atoms with Crippen molar-refractivity contribution >= 4 is 34.9 Å². The molecule has 1 aromatic heterocycles. The van der Waals surface area contributed by atoms with Crippen LogP contribution in [0, 0.1) is 5.82 Å². The van der Waals surface area contributed by atoms with E-state index in [1.807, 2.05) is 6.07 Å². The van der Waals surface area contributed by atoms with E-state index >= 15 is 0 Å². The van der Waals surface area contributed by atoms with Crippen LogP contribution in [0.1, 0.15) is 63.1 Å². The van der Waals surface area contributed by atoms with Crippen LogP contribution in [0.4, 0.5) is 15.9 Å². The molecule has 178 valence electrons. The molecule has 3 aromatic rings. The SMILES string of the molecule is COc1cc(C(N)=O)ccc1C1CCC(c2nn(C)c(N)c2C(=O)Nc2ccc(F)c(Cl)c2)C1. The number of amides is 2. The molecule has 2 atom stereocenters. The summed E-state index contributed by atoms with van der Waals surface area (Å²) in [6.07, 6.45) is 2.37. The molecule has 1 saturated carbocycles. The highest BCUT2D eigenvalue weighted by atomic mass is 35.5. The van der Waals surface area contributed by atoms with E-state index in [9.17, 15) is 14.0 Å². The summed E-state index contributed by atoms with van der Waals surface area (Å²) in [4.78, 5) is 24.7. The van der Waals surface area contributed by atoms with Gasteiger partial charge in [-0.15, -0.1) is 0 Å². The Morgan fingerprint density at radius 1 is 1.21 bits per heavy atom. The van der Waals surface area contributed by atoms with Crippen LogP contribution in [0.2, 0.25) is 5.02 Å². The minimum absolute atomic E-state index is 0.00780. The number of primary amides is 1. The minimum Gasteiger partial charge on any atom is -0.496 e. The van der Waals surface area contributed by atoms with Gasteiger partial charge in [0.25, 0.3) is 5.91 Å². The maximum atomic E-state index is 13.5. The molecule has 1 aliphatic rings. The molecule has 0 spiro atoms. The lowest BCUT2D eigenvalue weighted by Gasteiger charge is -2.16. The Bertz CT molecular complexity index is 1280. The van der Waals surface area contributed by atoms with Gasteiger partial charge in [0, 0.05) is 24.2 Å². The van der Waals surface area contributed by atoms with E-state index in [1.54, 1.807) is 26.3 Å². The zero-order valence-electron chi connectivity index (χ0n) is 18.8. The predicted molar refractivity (Wildman–Crippen MR) is 128 cm³/mol. The van der Waals surface area contributed by atoms with Gasteiger partial charge in [0.1, 0.15) is 22.9 Å². The van der Waals surface area contributed by atoms with E-state index < -0.39 is 17.6 Å². The molecule has 0 radical (unpaired) electrons. The molecule has 2 amide bonds. The summed E-state index contributed by atoms with van der Waals surface area (Å²) in [7, 11) is 3.24. The Morgan fingerprint density at radius 3 is 2.62 bits per heavy atom. The van der Waals surface area contributed by atoms with Gasteiger partial charge in [-0.05, 0) is 61.1 Å². The first-order valence-electron chi connectivity index (χ1n) is 10.8. The number of nitrogen functional groups attached to an aromatic ring is 1. The van der Waals surface area contributed by atoms with Crippen LogP contribution in [0.3, 0.4) is 0 Å². The first kappa shape index (κ1) is 23.6. The first-order chi connectivity index (χ1) is 16.2. The summed E-state index contributed by atoms with van der Waals surface area (Å²) in [5, 5.41) is 7.19. The largest absolute Gasteiger partial charge is 0.496 e. The molecular weight excluding hydrogens is 461 g/mol. The van der Waals surface area contributed by atoms with Gasteiger partial charge in [0.05, 0.1) is 17.8 Å². The highest BCUT2D eigenvalue weighted by Gasteiger charge is 2.34. The topological polar surface area (TPSA) is 125 Å². The normalized spacial score (nSPS) is 17.5. The van der Waals surface area contributed by atoms with Gasteiger partial charge >= 0.3 is 0 Å².